The van der Waals surface area contributed by atoms with Gasteiger partial charge in [-0.3, -0.25) is 0 Å². The average Bonchev–Trinajstić information content (AvgIpc) is 2.99. The fourth-order valence-electron chi connectivity index (χ4n) is 2.88. The molecule has 0 saturated carbocycles. The summed E-state index contributed by atoms with van der Waals surface area (Å²) in [6, 6.07) is 11.0. The van der Waals surface area contributed by atoms with Crippen molar-refractivity contribution < 1.29 is 4.74 Å². The zero-order chi connectivity index (χ0) is 14.9. The minimum atomic E-state index is -0.807. The van der Waals surface area contributed by atoms with Gasteiger partial charge in [-0.05, 0) is 0 Å². The first-order valence-corrected chi connectivity index (χ1v) is 10.3. The standard InChI is InChI=1S/C17H17N3O.Sn/c1-13-3-2-4-14(11-13)17(18)15-5-6-19-16(12-15)20-7-9-21-10-8-20;/h2-3,5-6,11-12H,7-10H2,1H3;/q-1;+1. The molecule has 2 radical (unpaired) electrons. The summed E-state index contributed by atoms with van der Waals surface area (Å²) >= 11 is -0.807. The van der Waals surface area contributed by atoms with Crippen LogP contribution in [0, 0.1) is 6.92 Å². The summed E-state index contributed by atoms with van der Waals surface area (Å²) in [6.45, 7) is 5.53. The van der Waals surface area contributed by atoms with E-state index in [1.807, 2.05) is 6.20 Å². The van der Waals surface area contributed by atoms with Crippen LogP contribution < -0.4 is 8.48 Å². The van der Waals surface area contributed by atoms with Crippen LogP contribution in [0.5, 0.6) is 0 Å². The van der Waals surface area contributed by atoms with Gasteiger partial charge in [0, 0.05) is 0 Å². The molecule has 5 heteroatoms. The Labute approximate surface area is 140 Å². The van der Waals surface area contributed by atoms with E-state index in [-0.39, 0.29) is 0 Å². The quantitative estimate of drug-likeness (QED) is 0.717. The van der Waals surface area contributed by atoms with Gasteiger partial charge in [0.15, 0.2) is 0 Å². The predicted molar refractivity (Wildman–Crippen MR) is 89.5 cm³/mol. The normalized spacial score (nSPS) is 17.3. The number of hydrogen-bond donors (Lipinski definition) is 0. The molecule has 0 atom stereocenters. The first-order valence-electron chi connectivity index (χ1n) is 7.55. The summed E-state index contributed by atoms with van der Waals surface area (Å²) < 4.78 is 11.8. The molecule has 1 aromatic heterocycles. The average molecular weight is 398 g/mol. The summed E-state index contributed by atoms with van der Waals surface area (Å²) in [5.41, 5.74) is 5.00. The van der Waals surface area contributed by atoms with Gasteiger partial charge in [0.2, 0.25) is 0 Å². The van der Waals surface area contributed by atoms with E-state index in [1.165, 1.54) is 26.0 Å². The number of ether oxygens (including phenoxy) is 1. The van der Waals surface area contributed by atoms with Crippen molar-refractivity contribution in [2.24, 2.45) is 3.21 Å². The number of pyridine rings is 1. The number of hydrogen-bond acceptors (Lipinski definition) is 4. The van der Waals surface area contributed by atoms with Crippen molar-refractivity contribution in [1.29, 1.82) is 0 Å². The van der Waals surface area contributed by atoms with E-state index in [2.05, 4.69) is 47.1 Å². The Kier molecular flexibility index (Phi) is 3.88. The molecule has 0 unspecified atom stereocenters. The molecule has 0 spiro atoms. The number of anilines is 1. The van der Waals surface area contributed by atoms with E-state index in [0.29, 0.717) is 0 Å². The number of benzene rings is 1. The molecule has 22 heavy (non-hydrogen) atoms. The van der Waals surface area contributed by atoms with Crippen molar-refractivity contribution in [3.05, 3.63) is 53.2 Å². The van der Waals surface area contributed by atoms with Gasteiger partial charge in [-0.15, -0.1) is 0 Å². The second kappa shape index (κ2) is 6.01. The van der Waals surface area contributed by atoms with Crippen LogP contribution in [-0.2, 0) is 4.74 Å². The van der Waals surface area contributed by atoms with Crippen LogP contribution in [0.4, 0.5) is 5.82 Å². The molecule has 1 aromatic carbocycles. The molecule has 110 valence electrons. The van der Waals surface area contributed by atoms with Crippen LogP contribution in [-0.4, -0.2) is 58.4 Å². The van der Waals surface area contributed by atoms with Gasteiger partial charge in [-0.25, -0.2) is 0 Å². The number of morpholine rings is 1. The topological polar surface area (TPSA) is 37.7 Å². The molecule has 0 amide bonds. The van der Waals surface area contributed by atoms with E-state index in [4.69, 9.17) is 7.95 Å². The van der Waals surface area contributed by atoms with Crippen LogP contribution in [0.1, 0.15) is 16.7 Å². The summed E-state index contributed by atoms with van der Waals surface area (Å²) in [7, 11) is 0. The fraction of sp³-hybridized carbons (Fsp3) is 0.294. The van der Waals surface area contributed by atoms with Gasteiger partial charge in [-0.2, -0.15) is 0 Å². The first kappa shape index (κ1) is 14.2. The molecular formula is C17H17N3OSn. The van der Waals surface area contributed by atoms with Gasteiger partial charge in [0.05, 0.1) is 0 Å². The summed E-state index contributed by atoms with van der Waals surface area (Å²) in [6.07, 6.45) is 1.90. The van der Waals surface area contributed by atoms with E-state index < -0.39 is 21.4 Å². The fourth-order valence-corrected chi connectivity index (χ4v) is 5.59. The molecule has 3 heterocycles. The molecular weight excluding hydrogens is 381 g/mol. The molecule has 1 saturated heterocycles. The van der Waals surface area contributed by atoms with Crippen LogP contribution in [0.2, 0.25) is 0 Å². The van der Waals surface area contributed by atoms with Crippen molar-refractivity contribution in [2.45, 2.75) is 6.92 Å². The Bertz CT molecular complexity index is 738. The second-order valence-electron chi connectivity index (χ2n) is 5.62. The van der Waals surface area contributed by atoms with Crippen molar-refractivity contribution >= 4 is 36.5 Å². The van der Waals surface area contributed by atoms with Gasteiger partial charge in [0.1, 0.15) is 0 Å². The van der Waals surface area contributed by atoms with E-state index in [1.54, 1.807) is 0 Å². The van der Waals surface area contributed by atoms with Crippen LogP contribution in [0.3, 0.4) is 0 Å². The van der Waals surface area contributed by atoms with Gasteiger partial charge < -0.3 is 0 Å². The van der Waals surface area contributed by atoms with Crippen LogP contribution in [0.15, 0.2) is 39.7 Å². The zero-order valence-electron chi connectivity index (χ0n) is 12.5. The molecule has 0 N–H and O–H groups in total. The third-order valence-corrected chi connectivity index (χ3v) is 6.96. The monoisotopic (exact) mass is 399 g/mol. The SMILES string of the molecule is Cc1cc[c]2c(c1)C(c1ccnc(N3CCOCC3)c1)=[N][Sn]2. The number of rotatable bonds is 2. The number of nitrogens with zero attached hydrogens (tertiary/aromatic N) is 3. The van der Waals surface area contributed by atoms with E-state index in [0.717, 1.165) is 32.1 Å². The third kappa shape index (κ3) is 2.65. The number of fused-ring (bicyclic) bond motifs is 1. The Morgan fingerprint density at radius 1 is 1.14 bits per heavy atom. The minimum absolute atomic E-state index is 0.781. The van der Waals surface area contributed by atoms with Gasteiger partial charge in [-0.1, -0.05) is 0 Å². The first-order chi connectivity index (χ1) is 10.8. The Hall–Kier alpha value is -1.40. The van der Waals surface area contributed by atoms with Crippen molar-refractivity contribution in [1.82, 2.24) is 4.98 Å². The molecule has 0 bridgehead atoms. The Balaban J connectivity index is 1.68. The predicted octanol–water partition coefficient (Wildman–Crippen LogP) is 1.32. The summed E-state index contributed by atoms with van der Waals surface area (Å²) in [5.74, 6) is 1.04. The molecule has 1 fully saturated rings. The second-order valence-corrected chi connectivity index (χ2v) is 8.44. The molecule has 2 aliphatic rings. The molecule has 2 aliphatic heterocycles. The number of aryl methyl sites for hydroxylation is 1. The summed E-state index contributed by atoms with van der Waals surface area (Å²) in [4.78, 5) is 6.83. The Morgan fingerprint density at radius 2 is 2.00 bits per heavy atom. The van der Waals surface area contributed by atoms with Crippen molar-refractivity contribution in [3.63, 3.8) is 0 Å². The number of aromatic nitrogens is 1. The maximum atomic E-state index is 5.42. The molecule has 4 rings (SSSR count). The molecule has 4 nitrogen and oxygen atoms in total. The van der Waals surface area contributed by atoms with Gasteiger partial charge >= 0.3 is 141 Å². The van der Waals surface area contributed by atoms with Crippen LogP contribution >= 0.6 is 0 Å². The van der Waals surface area contributed by atoms with E-state index in [9.17, 15) is 0 Å². The molecule has 2 aromatic rings. The van der Waals surface area contributed by atoms with Crippen LogP contribution in [0.25, 0.3) is 0 Å². The third-order valence-electron chi connectivity index (χ3n) is 4.07. The van der Waals surface area contributed by atoms with Crippen molar-refractivity contribution in [2.75, 3.05) is 31.2 Å². The Morgan fingerprint density at radius 3 is 2.86 bits per heavy atom. The summed E-state index contributed by atoms with van der Waals surface area (Å²) in [5, 5.41) is 0. The zero-order valence-corrected chi connectivity index (χ0v) is 15.4. The van der Waals surface area contributed by atoms with Crippen molar-refractivity contribution in [3.8, 4) is 0 Å². The molecule has 0 aliphatic carbocycles. The van der Waals surface area contributed by atoms with Gasteiger partial charge in [0.25, 0.3) is 0 Å². The van der Waals surface area contributed by atoms with E-state index >= 15 is 0 Å². The maximum absolute atomic E-state index is 5.42.